The summed E-state index contributed by atoms with van der Waals surface area (Å²) in [5.74, 6) is -0.996. The van der Waals surface area contributed by atoms with Crippen molar-refractivity contribution in [2.75, 3.05) is 53.2 Å². The van der Waals surface area contributed by atoms with Crippen LogP contribution in [0.1, 0.15) is 34.1 Å². The third kappa shape index (κ3) is 12.4. The molecular weight excluding hydrogens is 453 g/mol. The molecule has 32 heavy (non-hydrogen) atoms. The largest absolute Gasteiger partial charge is 0.508 e. The summed E-state index contributed by atoms with van der Waals surface area (Å²) in [5, 5.41) is 0. The van der Waals surface area contributed by atoms with Gasteiger partial charge in [-0.25, -0.2) is 18.9 Å². The van der Waals surface area contributed by atoms with Gasteiger partial charge in [-0.15, -0.1) is 4.76 Å². The van der Waals surface area contributed by atoms with Crippen molar-refractivity contribution in [3.8, 4) is 0 Å². The molecule has 0 aromatic heterocycles. The van der Waals surface area contributed by atoms with Crippen LogP contribution >= 0.6 is 7.75 Å². The minimum absolute atomic E-state index is 0.118. The molecule has 0 heterocycles. The van der Waals surface area contributed by atoms with Crippen LogP contribution in [-0.4, -0.2) is 82.1 Å². The summed E-state index contributed by atoms with van der Waals surface area (Å²) in [6.45, 7) is 5.29. The van der Waals surface area contributed by atoms with E-state index in [2.05, 4.69) is 14.2 Å². The molecule has 0 aliphatic rings. The topological polar surface area (TPSA) is 171 Å². The zero-order chi connectivity index (χ0) is 24.6. The van der Waals surface area contributed by atoms with Gasteiger partial charge in [0.25, 0.3) is 0 Å². The van der Waals surface area contributed by atoms with E-state index in [0.29, 0.717) is 6.42 Å². The van der Waals surface area contributed by atoms with Gasteiger partial charge >= 0.3 is 32.0 Å². The van der Waals surface area contributed by atoms with E-state index in [9.17, 15) is 18.9 Å². The number of nitrogens with zero attached hydrogens (tertiary/aromatic N) is 2. The Morgan fingerprint density at radius 2 is 1.34 bits per heavy atom. The van der Waals surface area contributed by atoms with E-state index in [1.165, 1.54) is 14.0 Å². The quantitative estimate of drug-likeness (QED) is 0.0765. The number of nitrogens with two attached hydrogens (primary N) is 1. The first-order chi connectivity index (χ1) is 15.0. The molecule has 0 rings (SSSR count). The molecule has 0 saturated heterocycles. The Bertz CT molecular complexity index is 659. The van der Waals surface area contributed by atoms with E-state index < -0.39 is 30.7 Å². The van der Waals surface area contributed by atoms with E-state index >= 15 is 0 Å². The molecule has 1 atom stereocenters. The lowest BCUT2D eigenvalue weighted by Crippen LogP contribution is -2.54. The van der Waals surface area contributed by atoms with Crippen molar-refractivity contribution in [2.45, 2.75) is 34.1 Å². The van der Waals surface area contributed by atoms with Gasteiger partial charge in [0, 0.05) is 6.92 Å². The normalized spacial score (nSPS) is 13.6. The summed E-state index contributed by atoms with van der Waals surface area (Å²) in [6, 6.07) is 0. The molecule has 15 heteroatoms. The Balaban J connectivity index is 5.33. The lowest BCUT2D eigenvalue weighted by atomic mass is 10.4. The number of quaternary nitrogens is 1. The van der Waals surface area contributed by atoms with Crippen molar-refractivity contribution in [3.05, 3.63) is 0 Å². The number of guanidine groups is 1. The maximum atomic E-state index is 13.1. The standard InChI is InChI=1S/C17H33N3O11P/c1-6-9-20(5,31-14(4)21)15(18)19-32(24,29-12-10-27-16(22)25-7-2)30-13-11-28-17(23)26-8-3/h6-13H2,1-5H3,(H2,18,19,24)/q+1. The van der Waals surface area contributed by atoms with Crippen LogP contribution in [0, 0.1) is 0 Å². The second-order valence-corrected chi connectivity index (χ2v) is 7.72. The van der Waals surface area contributed by atoms with Crippen LogP contribution in [0.2, 0.25) is 0 Å². The fraction of sp³-hybridized carbons (Fsp3) is 0.765. The fourth-order valence-corrected chi connectivity index (χ4v) is 3.35. The summed E-state index contributed by atoms with van der Waals surface area (Å²) in [4.78, 5) is 39.1. The van der Waals surface area contributed by atoms with Crippen LogP contribution in [0.4, 0.5) is 9.59 Å². The van der Waals surface area contributed by atoms with E-state index in [-0.39, 0.29) is 52.1 Å². The second-order valence-electron chi connectivity index (χ2n) is 6.06. The van der Waals surface area contributed by atoms with E-state index in [1.807, 2.05) is 6.92 Å². The first kappa shape index (κ1) is 29.6. The lowest BCUT2D eigenvalue weighted by molar-refractivity contribution is -1.00. The molecule has 0 amide bonds. The Morgan fingerprint density at radius 1 is 0.875 bits per heavy atom. The highest BCUT2D eigenvalue weighted by Crippen LogP contribution is 2.50. The number of hydrogen-bond donors (Lipinski definition) is 1. The molecule has 0 saturated carbocycles. The molecule has 0 bridgehead atoms. The zero-order valence-electron chi connectivity index (χ0n) is 19.1. The van der Waals surface area contributed by atoms with Gasteiger partial charge in [-0.3, -0.25) is 13.9 Å². The Labute approximate surface area is 187 Å². The van der Waals surface area contributed by atoms with E-state index in [1.54, 1.807) is 13.8 Å². The summed E-state index contributed by atoms with van der Waals surface area (Å²) in [7, 11) is -2.85. The van der Waals surface area contributed by atoms with Gasteiger partial charge in [0.1, 0.15) is 26.8 Å². The molecule has 0 aromatic rings. The maximum Gasteiger partial charge on any atom is 0.508 e. The number of hydroxylamine groups is 3. The van der Waals surface area contributed by atoms with Gasteiger partial charge in [0.05, 0.1) is 26.4 Å². The summed E-state index contributed by atoms with van der Waals surface area (Å²) >= 11 is 0. The van der Waals surface area contributed by atoms with Gasteiger partial charge in [-0.2, -0.15) is 0 Å². The SMILES string of the molecule is CCC[N+](C)(OC(C)=O)C(N)=NP(=O)(OCCOC(=O)OCC)OCCOC(=O)OCC. The third-order valence-electron chi connectivity index (χ3n) is 3.33. The minimum atomic E-state index is -4.30. The predicted molar refractivity (Wildman–Crippen MR) is 110 cm³/mol. The van der Waals surface area contributed by atoms with Gasteiger partial charge in [-0.1, -0.05) is 11.6 Å². The number of carbonyl (C=O) groups is 3. The third-order valence-corrected chi connectivity index (χ3v) is 4.80. The molecule has 0 aliphatic heterocycles. The maximum absolute atomic E-state index is 13.1. The molecule has 1 unspecified atom stereocenters. The van der Waals surface area contributed by atoms with Crippen LogP contribution in [0.25, 0.3) is 0 Å². The molecule has 0 aromatic carbocycles. The Morgan fingerprint density at radius 3 is 1.72 bits per heavy atom. The molecule has 0 fully saturated rings. The average molecular weight is 486 g/mol. The molecule has 0 aliphatic carbocycles. The van der Waals surface area contributed by atoms with Gasteiger partial charge in [0.2, 0.25) is 0 Å². The van der Waals surface area contributed by atoms with Crippen LogP contribution in [0.15, 0.2) is 4.76 Å². The number of hydrogen-bond acceptors (Lipinski definition) is 11. The van der Waals surface area contributed by atoms with Crippen LogP contribution in [-0.2, 0) is 42.2 Å². The Hall–Kier alpha value is -2.41. The monoisotopic (exact) mass is 486 g/mol. The summed E-state index contributed by atoms with van der Waals surface area (Å²) in [5.41, 5.74) is 5.96. The highest BCUT2D eigenvalue weighted by molar-refractivity contribution is 7.52. The number of ether oxygens (including phenoxy) is 4. The first-order valence-electron chi connectivity index (χ1n) is 9.92. The molecule has 0 radical (unpaired) electrons. The number of rotatable bonds is 13. The minimum Gasteiger partial charge on any atom is -0.435 e. The van der Waals surface area contributed by atoms with Crippen molar-refractivity contribution in [1.29, 1.82) is 0 Å². The predicted octanol–water partition coefficient (Wildman–Crippen LogP) is 2.12. The van der Waals surface area contributed by atoms with Crippen LogP contribution in [0.3, 0.4) is 0 Å². The van der Waals surface area contributed by atoms with Crippen molar-refractivity contribution >= 4 is 32.0 Å². The zero-order valence-corrected chi connectivity index (χ0v) is 20.0. The van der Waals surface area contributed by atoms with Crippen LogP contribution < -0.4 is 5.73 Å². The summed E-state index contributed by atoms with van der Waals surface area (Å²) < 4.78 is 45.3. The van der Waals surface area contributed by atoms with Crippen LogP contribution in [0.5, 0.6) is 0 Å². The van der Waals surface area contributed by atoms with E-state index in [0.717, 1.165) is 0 Å². The summed E-state index contributed by atoms with van der Waals surface area (Å²) in [6.07, 6.45) is -1.31. The average Bonchev–Trinajstić information content (AvgIpc) is 2.69. The van der Waals surface area contributed by atoms with Crippen molar-refractivity contribution < 1.29 is 56.4 Å². The van der Waals surface area contributed by atoms with Gasteiger partial charge in [0.15, 0.2) is 0 Å². The molecule has 186 valence electrons. The smallest absolute Gasteiger partial charge is 0.435 e. The second kappa shape index (κ2) is 15.4. The first-order valence-corrected chi connectivity index (χ1v) is 11.4. The highest BCUT2D eigenvalue weighted by atomic mass is 31.2. The fourth-order valence-electron chi connectivity index (χ4n) is 2.11. The van der Waals surface area contributed by atoms with Gasteiger partial charge in [-0.05, 0) is 20.3 Å². The van der Waals surface area contributed by atoms with Crippen molar-refractivity contribution in [2.24, 2.45) is 10.5 Å². The van der Waals surface area contributed by atoms with Crippen molar-refractivity contribution in [3.63, 3.8) is 0 Å². The molecule has 2 N–H and O–H groups in total. The lowest BCUT2D eigenvalue weighted by Gasteiger charge is -2.28. The van der Waals surface area contributed by atoms with Gasteiger partial charge < -0.3 is 24.7 Å². The molecular formula is C17H33N3O11P+. The molecule has 0 spiro atoms. The Kier molecular flexibility index (Phi) is 14.2. The number of carbonyl (C=O) groups excluding carboxylic acids is 3. The van der Waals surface area contributed by atoms with E-state index in [4.69, 9.17) is 29.1 Å². The molecule has 14 nitrogen and oxygen atoms in total. The highest BCUT2D eigenvalue weighted by Gasteiger charge is 2.36. The van der Waals surface area contributed by atoms with Crippen molar-refractivity contribution in [1.82, 2.24) is 0 Å².